The first-order valence-corrected chi connectivity index (χ1v) is 6.43. The number of nitriles is 1. The monoisotopic (exact) mass is 344 g/mol. The molecule has 1 aromatic rings. The summed E-state index contributed by atoms with van der Waals surface area (Å²) in [6.07, 6.45) is 0. The Hall–Kier alpha value is -2.43. The highest BCUT2D eigenvalue weighted by Gasteiger charge is 2.22. The summed E-state index contributed by atoms with van der Waals surface area (Å²) in [5.41, 5.74) is -0.747. The largest absolute Gasteiger partial charge is 0.506 e. The molecule has 0 unspecified atom stereocenters. The van der Waals surface area contributed by atoms with Gasteiger partial charge in [-0.3, -0.25) is 9.59 Å². The Labute approximate surface area is 135 Å². The molecule has 116 valence electrons. The average molecular weight is 345 g/mol. The van der Waals surface area contributed by atoms with E-state index in [9.17, 15) is 19.8 Å². The van der Waals surface area contributed by atoms with Crippen LogP contribution in [0.4, 0.5) is 0 Å². The van der Waals surface area contributed by atoms with Gasteiger partial charge in [-0.1, -0.05) is 23.2 Å². The van der Waals surface area contributed by atoms with Gasteiger partial charge in [0.1, 0.15) is 18.4 Å². The summed E-state index contributed by atoms with van der Waals surface area (Å²) in [6.45, 7) is -0.644. The van der Waals surface area contributed by atoms with Crippen LogP contribution in [0.1, 0.15) is 5.56 Å². The van der Waals surface area contributed by atoms with E-state index in [2.05, 4.69) is 0 Å². The Kier molecular flexibility index (Phi) is 5.63. The lowest BCUT2D eigenvalue weighted by molar-refractivity contribution is -0.142. The number of carboxylic acids is 1. The standard InChI is InChI=1S/C13H10Cl2N2O5/c1-17(5-10(18)19)13(22)7(4-16)11(20)6-2-8(14)12(21)9(15)3-6/h2-3,20-21H,5H2,1H3,(H,18,19)/b11-7-. The van der Waals surface area contributed by atoms with Gasteiger partial charge in [-0.15, -0.1) is 0 Å². The topological polar surface area (TPSA) is 122 Å². The summed E-state index contributed by atoms with van der Waals surface area (Å²) in [5.74, 6) is -3.40. The molecule has 0 bridgehead atoms. The average Bonchev–Trinajstić information content (AvgIpc) is 2.43. The van der Waals surface area contributed by atoms with Gasteiger partial charge >= 0.3 is 5.97 Å². The predicted octanol–water partition coefficient (Wildman–Crippen LogP) is 2.03. The van der Waals surface area contributed by atoms with E-state index in [0.29, 0.717) is 0 Å². The van der Waals surface area contributed by atoms with E-state index in [1.807, 2.05) is 0 Å². The molecule has 0 heterocycles. The van der Waals surface area contributed by atoms with Crippen molar-refractivity contribution in [3.05, 3.63) is 33.3 Å². The molecule has 0 aromatic heterocycles. The number of aliphatic hydroxyl groups excluding tert-OH is 1. The Morgan fingerprint density at radius 2 is 1.77 bits per heavy atom. The summed E-state index contributed by atoms with van der Waals surface area (Å²) in [4.78, 5) is 23.3. The van der Waals surface area contributed by atoms with E-state index in [4.69, 9.17) is 33.6 Å². The smallest absolute Gasteiger partial charge is 0.323 e. The summed E-state index contributed by atoms with van der Waals surface area (Å²) >= 11 is 11.4. The van der Waals surface area contributed by atoms with Crippen LogP contribution >= 0.6 is 23.2 Å². The Bertz CT molecular complexity index is 686. The van der Waals surface area contributed by atoms with Crippen molar-refractivity contribution in [3.8, 4) is 11.8 Å². The van der Waals surface area contributed by atoms with Crippen LogP contribution in [0.2, 0.25) is 10.0 Å². The van der Waals surface area contributed by atoms with Gasteiger partial charge in [-0.05, 0) is 12.1 Å². The maximum absolute atomic E-state index is 12.0. The predicted molar refractivity (Wildman–Crippen MR) is 78.6 cm³/mol. The Morgan fingerprint density at radius 3 is 2.18 bits per heavy atom. The Morgan fingerprint density at radius 1 is 1.27 bits per heavy atom. The number of aliphatic hydroxyl groups is 1. The lowest BCUT2D eigenvalue weighted by atomic mass is 10.1. The first kappa shape index (κ1) is 17.6. The first-order valence-electron chi connectivity index (χ1n) is 5.68. The van der Waals surface area contributed by atoms with Crippen LogP contribution in [0.3, 0.4) is 0 Å². The molecule has 1 aromatic carbocycles. The third-order valence-corrected chi connectivity index (χ3v) is 3.15. The zero-order valence-corrected chi connectivity index (χ0v) is 12.7. The van der Waals surface area contributed by atoms with Gasteiger partial charge in [-0.25, -0.2) is 0 Å². The van der Waals surface area contributed by atoms with Crippen molar-refractivity contribution in [1.29, 1.82) is 5.26 Å². The van der Waals surface area contributed by atoms with E-state index >= 15 is 0 Å². The minimum Gasteiger partial charge on any atom is -0.506 e. The van der Waals surface area contributed by atoms with E-state index < -0.39 is 35.5 Å². The molecule has 0 saturated carbocycles. The summed E-state index contributed by atoms with van der Waals surface area (Å²) in [7, 11) is 1.16. The minimum absolute atomic E-state index is 0.0681. The maximum Gasteiger partial charge on any atom is 0.323 e. The number of phenols is 1. The van der Waals surface area contributed by atoms with Crippen molar-refractivity contribution in [2.24, 2.45) is 0 Å². The maximum atomic E-state index is 12.0. The van der Waals surface area contributed by atoms with Crippen LogP contribution in [0.25, 0.3) is 5.76 Å². The number of hydrogen-bond acceptors (Lipinski definition) is 5. The number of phenolic OH excluding ortho intramolecular Hbond substituents is 1. The minimum atomic E-state index is -1.27. The molecule has 0 aliphatic heterocycles. The summed E-state index contributed by atoms with van der Waals surface area (Å²) in [6, 6.07) is 3.73. The highest BCUT2D eigenvalue weighted by Crippen LogP contribution is 2.35. The van der Waals surface area contributed by atoms with Crippen LogP contribution in [0.5, 0.6) is 5.75 Å². The molecule has 0 atom stereocenters. The van der Waals surface area contributed by atoms with Gasteiger partial charge in [0.25, 0.3) is 5.91 Å². The van der Waals surface area contributed by atoms with Crippen molar-refractivity contribution in [2.45, 2.75) is 0 Å². The molecule has 0 radical (unpaired) electrons. The summed E-state index contributed by atoms with van der Waals surface area (Å²) in [5, 5.41) is 36.8. The number of amides is 1. The van der Waals surface area contributed by atoms with Gasteiger partial charge in [0, 0.05) is 12.6 Å². The van der Waals surface area contributed by atoms with E-state index in [0.717, 1.165) is 24.1 Å². The number of aromatic hydroxyl groups is 1. The fraction of sp³-hybridized carbons (Fsp3) is 0.154. The SMILES string of the molecule is CN(CC(=O)O)C(=O)/C(C#N)=C(\O)c1cc(Cl)c(O)c(Cl)c1. The third-order valence-electron chi connectivity index (χ3n) is 2.57. The highest BCUT2D eigenvalue weighted by molar-refractivity contribution is 6.37. The number of carbonyl (C=O) groups excluding carboxylic acids is 1. The van der Waals surface area contributed by atoms with Gasteiger partial charge < -0.3 is 20.2 Å². The first-order chi connectivity index (χ1) is 10.2. The molecule has 0 fully saturated rings. The zero-order valence-electron chi connectivity index (χ0n) is 11.2. The fourth-order valence-electron chi connectivity index (χ4n) is 1.51. The summed E-state index contributed by atoms with van der Waals surface area (Å²) < 4.78 is 0. The third kappa shape index (κ3) is 3.81. The molecule has 7 nitrogen and oxygen atoms in total. The molecule has 22 heavy (non-hydrogen) atoms. The van der Waals surface area contributed by atoms with E-state index in [1.165, 1.54) is 6.07 Å². The molecule has 0 spiro atoms. The van der Waals surface area contributed by atoms with Crippen molar-refractivity contribution in [3.63, 3.8) is 0 Å². The van der Waals surface area contributed by atoms with E-state index in [-0.39, 0.29) is 15.6 Å². The van der Waals surface area contributed by atoms with Crippen LogP contribution in [-0.4, -0.2) is 45.7 Å². The number of benzene rings is 1. The van der Waals surface area contributed by atoms with Gasteiger partial charge in [0.05, 0.1) is 10.0 Å². The number of rotatable bonds is 4. The lowest BCUT2D eigenvalue weighted by Crippen LogP contribution is -2.33. The zero-order chi connectivity index (χ0) is 17.0. The number of nitrogens with zero attached hydrogens (tertiary/aromatic N) is 2. The number of aliphatic carboxylic acids is 1. The fourth-order valence-corrected chi connectivity index (χ4v) is 2.00. The second-order valence-corrected chi connectivity index (χ2v) is 4.99. The van der Waals surface area contributed by atoms with E-state index in [1.54, 1.807) is 0 Å². The van der Waals surface area contributed by atoms with Crippen LogP contribution < -0.4 is 0 Å². The van der Waals surface area contributed by atoms with Gasteiger partial charge in [-0.2, -0.15) is 5.26 Å². The molecule has 9 heteroatoms. The van der Waals surface area contributed by atoms with Crippen molar-refractivity contribution in [1.82, 2.24) is 4.90 Å². The quantitative estimate of drug-likeness (QED) is 0.436. The lowest BCUT2D eigenvalue weighted by Gasteiger charge is -2.14. The number of carbonyl (C=O) groups is 2. The van der Waals surface area contributed by atoms with Gasteiger partial charge in [0.2, 0.25) is 0 Å². The highest BCUT2D eigenvalue weighted by atomic mass is 35.5. The number of likely N-dealkylation sites (N-methyl/N-ethyl adjacent to an activating group) is 1. The van der Waals surface area contributed by atoms with Crippen molar-refractivity contribution < 1.29 is 24.9 Å². The molecule has 0 saturated heterocycles. The molecule has 3 N–H and O–H groups in total. The number of carboxylic acid groups (broad SMARTS) is 1. The van der Waals surface area contributed by atoms with Gasteiger partial charge in [0.15, 0.2) is 11.3 Å². The van der Waals surface area contributed by atoms with Crippen molar-refractivity contribution >= 4 is 40.8 Å². The van der Waals surface area contributed by atoms with Crippen LogP contribution in [0.15, 0.2) is 17.7 Å². The van der Waals surface area contributed by atoms with Crippen molar-refractivity contribution in [2.75, 3.05) is 13.6 Å². The number of hydrogen-bond donors (Lipinski definition) is 3. The second kappa shape index (κ2) is 7.02. The van der Waals surface area contributed by atoms with Crippen LogP contribution in [0, 0.1) is 11.3 Å². The molecular formula is C13H10Cl2N2O5. The Balaban J connectivity index is 3.32. The molecule has 0 aliphatic carbocycles. The molecule has 1 amide bonds. The normalized spacial score (nSPS) is 11.4. The van der Waals surface area contributed by atoms with Crippen LogP contribution in [-0.2, 0) is 9.59 Å². The second-order valence-electron chi connectivity index (χ2n) is 4.18. The molecule has 0 aliphatic rings. The molecule has 1 rings (SSSR count). The number of halogens is 2. The molecular weight excluding hydrogens is 335 g/mol.